The molecule has 0 aromatic heterocycles. The lowest BCUT2D eigenvalue weighted by atomic mass is 10.1. The molecule has 0 aliphatic heterocycles. The van der Waals surface area contributed by atoms with Crippen molar-refractivity contribution < 1.29 is 14.3 Å². The Labute approximate surface area is 172 Å². The van der Waals surface area contributed by atoms with Crippen molar-refractivity contribution in [1.29, 1.82) is 0 Å². The third kappa shape index (κ3) is 7.19. The monoisotopic (exact) mass is 400 g/mol. The standard InChI is InChI=1S/C22H28N2O3S/c1-15(2)13-14-26-20-8-6-5-7-19(20)21(25)24-22(28)23-17-9-11-18(12-10-17)27-16(3)4/h5-12,15-16H,13-14H2,1-4H3,(H2,23,24,25,28). The van der Waals surface area contributed by atoms with Gasteiger partial charge in [0.15, 0.2) is 5.11 Å². The second-order valence-corrected chi connectivity index (χ2v) is 7.53. The molecular weight excluding hydrogens is 372 g/mol. The van der Waals surface area contributed by atoms with Gasteiger partial charge in [-0.1, -0.05) is 26.0 Å². The second-order valence-electron chi connectivity index (χ2n) is 7.13. The molecule has 0 spiro atoms. The summed E-state index contributed by atoms with van der Waals surface area (Å²) in [5, 5.41) is 5.93. The third-order valence-electron chi connectivity index (χ3n) is 3.80. The van der Waals surface area contributed by atoms with Crippen molar-refractivity contribution in [1.82, 2.24) is 5.32 Å². The fraction of sp³-hybridized carbons (Fsp3) is 0.364. The highest BCUT2D eigenvalue weighted by molar-refractivity contribution is 7.80. The van der Waals surface area contributed by atoms with Crippen LogP contribution in [0.15, 0.2) is 48.5 Å². The van der Waals surface area contributed by atoms with Crippen LogP contribution in [-0.2, 0) is 0 Å². The van der Waals surface area contributed by atoms with Crippen LogP contribution in [0, 0.1) is 5.92 Å². The van der Waals surface area contributed by atoms with Crippen LogP contribution in [0.4, 0.5) is 5.69 Å². The van der Waals surface area contributed by atoms with E-state index < -0.39 is 0 Å². The van der Waals surface area contributed by atoms with Crippen LogP contribution in [-0.4, -0.2) is 23.7 Å². The van der Waals surface area contributed by atoms with Crippen molar-refractivity contribution >= 4 is 28.9 Å². The maximum atomic E-state index is 12.6. The van der Waals surface area contributed by atoms with E-state index in [1.54, 1.807) is 18.2 Å². The number of anilines is 1. The van der Waals surface area contributed by atoms with Crippen LogP contribution in [0.5, 0.6) is 11.5 Å². The lowest BCUT2D eigenvalue weighted by Gasteiger charge is -2.14. The van der Waals surface area contributed by atoms with Gasteiger partial charge in [-0.3, -0.25) is 10.1 Å². The minimum Gasteiger partial charge on any atom is -0.493 e. The largest absolute Gasteiger partial charge is 0.493 e. The van der Waals surface area contributed by atoms with Crippen molar-refractivity contribution in [3.8, 4) is 11.5 Å². The number of ether oxygens (including phenoxy) is 2. The van der Waals surface area contributed by atoms with Crippen molar-refractivity contribution in [3.05, 3.63) is 54.1 Å². The van der Waals surface area contributed by atoms with Gasteiger partial charge in [0, 0.05) is 5.69 Å². The van der Waals surface area contributed by atoms with Gasteiger partial charge in [0.05, 0.1) is 18.3 Å². The number of rotatable bonds is 8. The first-order chi connectivity index (χ1) is 13.3. The van der Waals surface area contributed by atoms with Crippen LogP contribution < -0.4 is 20.1 Å². The zero-order valence-electron chi connectivity index (χ0n) is 16.8. The van der Waals surface area contributed by atoms with E-state index in [0.29, 0.717) is 23.8 Å². The fourth-order valence-electron chi connectivity index (χ4n) is 2.41. The Morgan fingerprint density at radius 1 is 1.04 bits per heavy atom. The first kappa shape index (κ1) is 21.7. The van der Waals surface area contributed by atoms with Gasteiger partial charge < -0.3 is 14.8 Å². The topological polar surface area (TPSA) is 59.6 Å². The van der Waals surface area contributed by atoms with Gasteiger partial charge >= 0.3 is 0 Å². The number of amides is 1. The first-order valence-electron chi connectivity index (χ1n) is 9.46. The zero-order valence-corrected chi connectivity index (χ0v) is 17.6. The molecule has 2 rings (SSSR count). The van der Waals surface area contributed by atoms with Gasteiger partial charge in [0.25, 0.3) is 5.91 Å². The summed E-state index contributed by atoms with van der Waals surface area (Å²) in [6.07, 6.45) is 1.04. The Bertz CT molecular complexity index is 789. The summed E-state index contributed by atoms with van der Waals surface area (Å²) >= 11 is 5.26. The molecule has 0 atom stereocenters. The Kier molecular flexibility index (Phi) is 8.26. The summed E-state index contributed by atoms with van der Waals surface area (Å²) in [4.78, 5) is 12.6. The van der Waals surface area contributed by atoms with Gasteiger partial charge in [-0.05, 0) is 74.8 Å². The van der Waals surface area contributed by atoms with Gasteiger partial charge in [-0.15, -0.1) is 0 Å². The quantitative estimate of drug-likeness (QED) is 0.609. The Hall–Kier alpha value is -2.60. The van der Waals surface area contributed by atoms with Gasteiger partial charge in [0.1, 0.15) is 11.5 Å². The van der Waals surface area contributed by atoms with Gasteiger partial charge in [0.2, 0.25) is 0 Å². The van der Waals surface area contributed by atoms with E-state index in [1.807, 2.05) is 44.2 Å². The van der Waals surface area contributed by atoms with Crippen LogP contribution >= 0.6 is 12.2 Å². The lowest BCUT2D eigenvalue weighted by Crippen LogP contribution is -2.34. The van der Waals surface area contributed by atoms with Gasteiger partial charge in [-0.25, -0.2) is 0 Å². The number of para-hydroxylation sites is 1. The molecule has 0 unspecified atom stereocenters. The van der Waals surface area contributed by atoms with Crippen LogP contribution in [0.1, 0.15) is 44.5 Å². The Morgan fingerprint density at radius 3 is 2.36 bits per heavy atom. The molecule has 6 heteroatoms. The van der Waals surface area contributed by atoms with Crippen molar-refractivity contribution in [2.45, 2.75) is 40.2 Å². The minimum atomic E-state index is -0.308. The van der Waals surface area contributed by atoms with Crippen molar-refractivity contribution in [3.63, 3.8) is 0 Å². The SMILES string of the molecule is CC(C)CCOc1ccccc1C(=O)NC(=S)Nc1ccc(OC(C)C)cc1. The van der Waals surface area contributed by atoms with Crippen molar-refractivity contribution in [2.24, 2.45) is 5.92 Å². The molecule has 0 bridgehead atoms. The number of hydrogen-bond donors (Lipinski definition) is 2. The zero-order chi connectivity index (χ0) is 20.5. The highest BCUT2D eigenvalue weighted by Gasteiger charge is 2.14. The maximum absolute atomic E-state index is 12.6. The summed E-state index contributed by atoms with van der Waals surface area (Å²) < 4.78 is 11.4. The highest BCUT2D eigenvalue weighted by atomic mass is 32.1. The normalized spacial score (nSPS) is 10.6. The summed E-state index contributed by atoms with van der Waals surface area (Å²) in [6, 6.07) is 14.6. The van der Waals surface area contributed by atoms with Crippen molar-refractivity contribution in [2.75, 3.05) is 11.9 Å². The first-order valence-corrected chi connectivity index (χ1v) is 9.87. The molecule has 0 saturated carbocycles. The molecule has 1 amide bonds. The van der Waals surface area contributed by atoms with E-state index in [9.17, 15) is 4.79 Å². The number of benzene rings is 2. The number of carbonyl (C=O) groups is 1. The van der Waals surface area contributed by atoms with Crippen LogP contribution in [0.2, 0.25) is 0 Å². The molecule has 0 aliphatic rings. The summed E-state index contributed by atoms with van der Waals surface area (Å²) in [5.74, 6) is 1.56. The summed E-state index contributed by atoms with van der Waals surface area (Å²) in [6.45, 7) is 8.78. The van der Waals surface area contributed by atoms with E-state index in [2.05, 4.69) is 24.5 Å². The molecule has 0 aliphatic carbocycles. The number of nitrogens with one attached hydrogen (secondary N) is 2. The second kappa shape index (κ2) is 10.7. The molecule has 2 N–H and O–H groups in total. The molecule has 0 fully saturated rings. The molecule has 5 nitrogen and oxygen atoms in total. The minimum absolute atomic E-state index is 0.113. The van der Waals surface area contributed by atoms with E-state index >= 15 is 0 Å². The Morgan fingerprint density at radius 2 is 1.71 bits per heavy atom. The molecule has 28 heavy (non-hydrogen) atoms. The van der Waals surface area contributed by atoms with Crippen LogP contribution in [0.25, 0.3) is 0 Å². The fourth-order valence-corrected chi connectivity index (χ4v) is 2.62. The number of thiocarbonyl (C=S) groups is 1. The summed E-state index contributed by atoms with van der Waals surface area (Å²) in [5.41, 5.74) is 1.22. The molecular formula is C22H28N2O3S. The average molecular weight is 401 g/mol. The summed E-state index contributed by atoms with van der Waals surface area (Å²) in [7, 11) is 0. The highest BCUT2D eigenvalue weighted by Crippen LogP contribution is 2.19. The molecule has 150 valence electrons. The van der Waals surface area contributed by atoms with E-state index in [-0.39, 0.29) is 17.1 Å². The predicted octanol–water partition coefficient (Wildman–Crippen LogP) is 5.03. The number of hydrogen-bond acceptors (Lipinski definition) is 4. The molecule has 2 aromatic rings. The molecule has 0 saturated heterocycles. The van der Waals surface area contributed by atoms with Crippen LogP contribution in [0.3, 0.4) is 0 Å². The van der Waals surface area contributed by atoms with E-state index in [1.165, 1.54) is 0 Å². The Balaban J connectivity index is 1.94. The smallest absolute Gasteiger partial charge is 0.261 e. The average Bonchev–Trinajstić information content (AvgIpc) is 2.63. The number of carbonyl (C=O) groups excluding carboxylic acids is 1. The molecule has 0 radical (unpaired) electrons. The molecule has 2 aromatic carbocycles. The maximum Gasteiger partial charge on any atom is 0.261 e. The van der Waals surface area contributed by atoms with E-state index in [0.717, 1.165) is 17.9 Å². The predicted molar refractivity (Wildman–Crippen MR) is 117 cm³/mol. The van der Waals surface area contributed by atoms with E-state index in [4.69, 9.17) is 21.7 Å². The third-order valence-corrected chi connectivity index (χ3v) is 4.00. The molecule has 0 heterocycles. The lowest BCUT2D eigenvalue weighted by molar-refractivity contribution is 0.0973. The van der Waals surface area contributed by atoms with Gasteiger partial charge in [-0.2, -0.15) is 0 Å².